The number of carboxylic acids is 1. The number of aliphatic carboxylic acids is 1. The van der Waals surface area contributed by atoms with Gasteiger partial charge in [0, 0.05) is 25.2 Å². The Morgan fingerprint density at radius 2 is 1.78 bits per heavy atom. The maximum Gasteiger partial charge on any atom is 0.317 e. The molecular weight excluding hydrogens is 318 g/mol. The molecule has 1 saturated heterocycles. The highest BCUT2D eigenvalue weighted by Crippen LogP contribution is 2.17. The van der Waals surface area contributed by atoms with E-state index in [-0.39, 0.29) is 36.9 Å². The van der Waals surface area contributed by atoms with E-state index in [1.165, 1.54) is 0 Å². The minimum Gasteiger partial charge on any atom is -0.480 e. The quantitative estimate of drug-likeness (QED) is 0.696. The normalized spacial score (nSPS) is 17.8. The second-order valence-corrected chi connectivity index (χ2v) is 6.27. The first kappa shape index (κ1) is 22.1. The summed E-state index contributed by atoms with van der Waals surface area (Å²) >= 11 is 0. The monoisotopic (exact) mass is 349 g/mol. The van der Waals surface area contributed by atoms with Gasteiger partial charge in [0.25, 0.3) is 0 Å². The number of likely N-dealkylation sites (N-methyl/N-ethyl adjacent to an activating group) is 1. The lowest BCUT2D eigenvalue weighted by Crippen LogP contribution is -2.52. The molecule has 0 aromatic rings. The molecule has 1 atom stereocenters. The van der Waals surface area contributed by atoms with E-state index < -0.39 is 5.97 Å². The lowest BCUT2D eigenvalue weighted by Gasteiger charge is -2.38. The summed E-state index contributed by atoms with van der Waals surface area (Å²) in [5.74, 6) is -0.686. The maximum absolute atomic E-state index is 12.3. The Morgan fingerprint density at radius 3 is 2.22 bits per heavy atom. The second kappa shape index (κ2) is 10.8. The molecule has 1 heterocycles. The highest BCUT2D eigenvalue weighted by Gasteiger charge is 2.29. The topological polar surface area (TPSA) is 72.9 Å². The first-order chi connectivity index (χ1) is 10.4. The predicted molar refractivity (Wildman–Crippen MR) is 94.1 cm³/mol. The molecule has 0 aromatic heterocycles. The van der Waals surface area contributed by atoms with Crippen LogP contribution in [-0.4, -0.2) is 71.6 Å². The lowest BCUT2D eigenvalue weighted by molar-refractivity contribution is -0.138. The van der Waals surface area contributed by atoms with Crippen LogP contribution in [0.4, 0.5) is 0 Å². The maximum atomic E-state index is 12.3. The number of likely N-dealkylation sites (tertiary alicyclic amines) is 1. The van der Waals surface area contributed by atoms with Crippen LogP contribution in [0.25, 0.3) is 0 Å². The minimum atomic E-state index is -0.789. The average Bonchev–Trinajstić information content (AvgIpc) is 2.51. The summed E-state index contributed by atoms with van der Waals surface area (Å²) in [6, 6.07) is 0.433. The van der Waals surface area contributed by atoms with Crippen LogP contribution >= 0.6 is 12.4 Å². The zero-order valence-corrected chi connectivity index (χ0v) is 15.6. The first-order valence-electron chi connectivity index (χ1n) is 8.35. The molecule has 2 N–H and O–H groups in total. The second-order valence-electron chi connectivity index (χ2n) is 6.27. The molecule has 0 aliphatic carbocycles. The fourth-order valence-corrected chi connectivity index (χ4v) is 3.04. The minimum absolute atomic E-state index is 0. The average molecular weight is 350 g/mol. The number of halogens is 1. The molecule has 0 bridgehead atoms. The molecule has 0 saturated carbocycles. The number of carboxylic acid groups (broad SMARTS) is 1. The Kier molecular flexibility index (Phi) is 10.4. The summed E-state index contributed by atoms with van der Waals surface area (Å²) in [5, 5.41) is 12.0. The predicted octanol–water partition coefficient (Wildman–Crippen LogP) is 1.58. The SMILES string of the molecule is CCC(CC)NC(=O)C(C)N1CCC(N(C)CC(=O)O)CC1.Cl. The highest BCUT2D eigenvalue weighted by atomic mass is 35.5. The fraction of sp³-hybridized carbons (Fsp3) is 0.875. The Morgan fingerprint density at radius 1 is 1.26 bits per heavy atom. The number of hydrogen-bond acceptors (Lipinski definition) is 4. The Balaban J connectivity index is 0.00000484. The molecule has 23 heavy (non-hydrogen) atoms. The number of piperidine rings is 1. The van der Waals surface area contributed by atoms with E-state index in [4.69, 9.17) is 5.11 Å². The van der Waals surface area contributed by atoms with Crippen molar-refractivity contribution < 1.29 is 14.7 Å². The number of rotatable bonds is 8. The number of nitrogens with one attached hydrogen (secondary N) is 1. The van der Waals surface area contributed by atoms with Crippen LogP contribution in [-0.2, 0) is 9.59 Å². The molecule has 1 rings (SSSR count). The third-order valence-corrected chi connectivity index (χ3v) is 4.77. The molecule has 6 nitrogen and oxygen atoms in total. The Hall–Kier alpha value is -0.850. The molecule has 1 aliphatic heterocycles. The van der Waals surface area contributed by atoms with Gasteiger partial charge in [-0.3, -0.25) is 19.4 Å². The largest absolute Gasteiger partial charge is 0.480 e. The summed E-state index contributed by atoms with van der Waals surface area (Å²) < 4.78 is 0. The highest BCUT2D eigenvalue weighted by molar-refractivity contribution is 5.85. The van der Waals surface area contributed by atoms with Crippen LogP contribution in [0.15, 0.2) is 0 Å². The van der Waals surface area contributed by atoms with Gasteiger partial charge in [0.05, 0.1) is 12.6 Å². The van der Waals surface area contributed by atoms with Gasteiger partial charge in [0.15, 0.2) is 0 Å². The van der Waals surface area contributed by atoms with Gasteiger partial charge in [-0.25, -0.2) is 0 Å². The molecule has 1 fully saturated rings. The van der Waals surface area contributed by atoms with E-state index in [1.807, 2.05) is 18.9 Å². The Bertz CT molecular complexity index is 370. The molecular formula is C16H32ClN3O3. The molecule has 7 heteroatoms. The number of amides is 1. The van der Waals surface area contributed by atoms with Gasteiger partial charge in [-0.1, -0.05) is 13.8 Å². The summed E-state index contributed by atoms with van der Waals surface area (Å²) in [4.78, 5) is 27.2. The molecule has 0 spiro atoms. The zero-order chi connectivity index (χ0) is 16.7. The third-order valence-electron chi connectivity index (χ3n) is 4.77. The van der Waals surface area contributed by atoms with Gasteiger partial charge in [0.2, 0.25) is 5.91 Å². The smallest absolute Gasteiger partial charge is 0.317 e. The number of carbonyl (C=O) groups excluding carboxylic acids is 1. The molecule has 0 radical (unpaired) electrons. The molecule has 0 aromatic carbocycles. The summed E-state index contributed by atoms with van der Waals surface area (Å²) in [5.41, 5.74) is 0. The van der Waals surface area contributed by atoms with E-state index in [1.54, 1.807) is 0 Å². The van der Waals surface area contributed by atoms with Gasteiger partial charge >= 0.3 is 5.97 Å². The van der Waals surface area contributed by atoms with Gasteiger partial charge in [-0.2, -0.15) is 0 Å². The molecule has 1 amide bonds. The van der Waals surface area contributed by atoms with Crippen molar-refractivity contribution in [2.24, 2.45) is 0 Å². The van der Waals surface area contributed by atoms with E-state index in [9.17, 15) is 9.59 Å². The fourth-order valence-electron chi connectivity index (χ4n) is 3.04. The number of carbonyl (C=O) groups is 2. The van der Waals surface area contributed by atoms with Crippen molar-refractivity contribution in [2.75, 3.05) is 26.7 Å². The summed E-state index contributed by atoms with van der Waals surface area (Å²) in [6.45, 7) is 7.89. The van der Waals surface area contributed by atoms with E-state index >= 15 is 0 Å². The van der Waals surface area contributed by atoms with Crippen LogP contribution in [0.1, 0.15) is 46.5 Å². The van der Waals surface area contributed by atoms with Crippen molar-refractivity contribution in [2.45, 2.75) is 64.6 Å². The van der Waals surface area contributed by atoms with E-state index in [0.29, 0.717) is 6.04 Å². The summed E-state index contributed by atoms with van der Waals surface area (Å²) in [7, 11) is 1.86. The number of nitrogens with zero attached hydrogens (tertiary/aromatic N) is 2. The van der Waals surface area contributed by atoms with Crippen molar-refractivity contribution in [3.63, 3.8) is 0 Å². The van der Waals surface area contributed by atoms with Crippen molar-refractivity contribution >= 4 is 24.3 Å². The first-order valence-corrected chi connectivity index (χ1v) is 8.35. The van der Waals surface area contributed by atoms with Crippen LogP contribution in [0.3, 0.4) is 0 Å². The Labute approximate surface area is 146 Å². The standard InChI is InChI=1S/C16H31N3O3.ClH/c1-5-13(6-2)17-16(22)12(3)19-9-7-14(8-10-19)18(4)11-15(20)21;/h12-14H,5-11H2,1-4H3,(H,17,22)(H,20,21);1H. The van der Waals surface area contributed by atoms with Gasteiger partial charge in [-0.15, -0.1) is 12.4 Å². The molecule has 136 valence electrons. The van der Waals surface area contributed by atoms with Gasteiger partial charge in [-0.05, 0) is 39.7 Å². The molecule has 1 unspecified atom stereocenters. The van der Waals surface area contributed by atoms with Gasteiger partial charge in [0.1, 0.15) is 0 Å². The van der Waals surface area contributed by atoms with Crippen molar-refractivity contribution in [3.05, 3.63) is 0 Å². The van der Waals surface area contributed by atoms with E-state index in [2.05, 4.69) is 24.1 Å². The summed E-state index contributed by atoms with van der Waals surface area (Å²) in [6.07, 6.45) is 3.73. The van der Waals surface area contributed by atoms with Crippen LogP contribution in [0.2, 0.25) is 0 Å². The van der Waals surface area contributed by atoms with Crippen molar-refractivity contribution in [1.82, 2.24) is 15.1 Å². The zero-order valence-electron chi connectivity index (χ0n) is 14.7. The van der Waals surface area contributed by atoms with Crippen LogP contribution in [0, 0.1) is 0 Å². The van der Waals surface area contributed by atoms with Gasteiger partial charge < -0.3 is 10.4 Å². The third kappa shape index (κ3) is 7.06. The van der Waals surface area contributed by atoms with Crippen molar-refractivity contribution in [1.29, 1.82) is 0 Å². The number of hydrogen-bond donors (Lipinski definition) is 2. The van der Waals surface area contributed by atoms with Crippen LogP contribution in [0.5, 0.6) is 0 Å². The molecule has 1 aliphatic rings. The van der Waals surface area contributed by atoms with E-state index in [0.717, 1.165) is 38.8 Å². The van der Waals surface area contributed by atoms with Crippen LogP contribution < -0.4 is 5.32 Å². The van der Waals surface area contributed by atoms with Crippen molar-refractivity contribution in [3.8, 4) is 0 Å². The lowest BCUT2D eigenvalue weighted by atomic mass is 10.0.